The monoisotopic (exact) mass is 398 g/mol. The van der Waals surface area contributed by atoms with Crippen molar-refractivity contribution in [2.75, 3.05) is 13.6 Å². The van der Waals surface area contributed by atoms with Crippen LogP contribution in [0.5, 0.6) is 5.75 Å². The number of amides is 2. The predicted molar refractivity (Wildman–Crippen MR) is 111 cm³/mol. The van der Waals surface area contributed by atoms with Crippen LogP contribution in [0, 0.1) is 18.7 Å². The first-order chi connectivity index (χ1) is 13.7. The van der Waals surface area contributed by atoms with Crippen molar-refractivity contribution in [3.05, 3.63) is 52.8 Å². The molecule has 0 heterocycles. The Morgan fingerprint density at radius 3 is 2.52 bits per heavy atom. The van der Waals surface area contributed by atoms with E-state index in [1.165, 1.54) is 18.2 Å². The van der Waals surface area contributed by atoms with Crippen molar-refractivity contribution in [3.8, 4) is 16.9 Å². The van der Waals surface area contributed by atoms with Crippen molar-refractivity contribution in [2.24, 2.45) is 5.92 Å². The zero-order valence-corrected chi connectivity index (χ0v) is 17.3. The molecule has 3 rings (SSSR count). The number of aromatic hydroxyl groups is 1. The first-order valence-corrected chi connectivity index (χ1v) is 9.87. The van der Waals surface area contributed by atoms with Crippen LogP contribution in [0.3, 0.4) is 0 Å². The lowest BCUT2D eigenvalue weighted by atomic mass is 9.95. The molecule has 1 saturated carbocycles. The third-order valence-corrected chi connectivity index (χ3v) is 5.04. The van der Waals surface area contributed by atoms with Gasteiger partial charge in [-0.15, -0.1) is 0 Å². The first kappa shape index (κ1) is 20.8. The van der Waals surface area contributed by atoms with Gasteiger partial charge in [-0.05, 0) is 66.6 Å². The minimum Gasteiger partial charge on any atom is -0.507 e. The summed E-state index contributed by atoms with van der Waals surface area (Å²) in [6.07, 6.45) is 1.89. The van der Waals surface area contributed by atoms with Crippen LogP contribution in [-0.4, -0.2) is 41.5 Å². The van der Waals surface area contributed by atoms with Crippen LogP contribution in [0.15, 0.2) is 30.3 Å². The van der Waals surface area contributed by atoms with Gasteiger partial charge in [0.1, 0.15) is 11.6 Å². The van der Waals surface area contributed by atoms with Gasteiger partial charge in [0, 0.05) is 25.2 Å². The molecule has 2 aromatic carbocycles. The lowest BCUT2D eigenvalue weighted by Crippen LogP contribution is -2.30. The van der Waals surface area contributed by atoms with Crippen molar-refractivity contribution < 1.29 is 19.1 Å². The summed E-state index contributed by atoms with van der Waals surface area (Å²) in [5, 5.41) is 13.3. The molecule has 154 valence electrons. The number of carbonyl (C=O) groups excluding carboxylic acids is 2. The lowest BCUT2D eigenvalue weighted by molar-refractivity contribution is 0.0776. The Bertz CT molecular complexity index is 951. The van der Waals surface area contributed by atoms with Crippen molar-refractivity contribution in [2.45, 2.75) is 39.7 Å². The predicted octanol–water partition coefficient (Wildman–Crippen LogP) is 4.13. The van der Waals surface area contributed by atoms with E-state index >= 15 is 0 Å². The van der Waals surface area contributed by atoms with E-state index in [0.29, 0.717) is 29.2 Å². The van der Waals surface area contributed by atoms with Crippen LogP contribution < -0.4 is 5.32 Å². The minimum absolute atomic E-state index is 0.171. The summed E-state index contributed by atoms with van der Waals surface area (Å²) in [7, 11) is 1.69. The Morgan fingerprint density at radius 1 is 1.24 bits per heavy atom. The molecule has 0 aliphatic heterocycles. The van der Waals surface area contributed by atoms with Gasteiger partial charge in [0.2, 0.25) is 0 Å². The van der Waals surface area contributed by atoms with Crippen LogP contribution in [-0.2, 0) is 0 Å². The molecule has 0 radical (unpaired) electrons. The number of carbonyl (C=O) groups is 2. The van der Waals surface area contributed by atoms with Crippen molar-refractivity contribution in [1.29, 1.82) is 0 Å². The normalized spacial score (nSPS) is 13.4. The van der Waals surface area contributed by atoms with Gasteiger partial charge in [0.15, 0.2) is 0 Å². The van der Waals surface area contributed by atoms with Gasteiger partial charge in [0.05, 0.1) is 5.56 Å². The molecule has 0 aromatic heterocycles. The molecule has 1 aliphatic rings. The van der Waals surface area contributed by atoms with Crippen LogP contribution in [0.1, 0.15) is 53.0 Å². The fourth-order valence-electron chi connectivity index (χ4n) is 3.32. The molecule has 0 spiro atoms. The molecule has 0 atom stereocenters. The average Bonchev–Trinajstić information content (AvgIpc) is 3.46. The fourth-order valence-corrected chi connectivity index (χ4v) is 3.32. The summed E-state index contributed by atoms with van der Waals surface area (Å²) in [6.45, 7) is 6.22. The Labute approximate surface area is 170 Å². The zero-order valence-electron chi connectivity index (χ0n) is 17.3. The van der Waals surface area contributed by atoms with E-state index in [0.717, 1.165) is 12.8 Å². The number of hydrogen-bond acceptors (Lipinski definition) is 3. The van der Waals surface area contributed by atoms with E-state index in [4.69, 9.17) is 0 Å². The molecule has 0 saturated heterocycles. The maximum Gasteiger partial charge on any atom is 0.257 e. The molecular formula is C23H27FN2O3. The van der Waals surface area contributed by atoms with E-state index < -0.39 is 5.82 Å². The van der Waals surface area contributed by atoms with Gasteiger partial charge in [-0.3, -0.25) is 9.59 Å². The Hall–Kier alpha value is -2.89. The third kappa shape index (κ3) is 4.75. The van der Waals surface area contributed by atoms with Crippen LogP contribution in [0.25, 0.3) is 11.1 Å². The Balaban J connectivity index is 1.92. The highest BCUT2D eigenvalue weighted by Gasteiger charge is 2.25. The van der Waals surface area contributed by atoms with E-state index in [1.807, 2.05) is 13.8 Å². The Kier molecular flexibility index (Phi) is 5.91. The second-order valence-corrected chi connectivity index (χ2v) is 8.19. The van der Waals surface area contributed by atoms with Gasteiger partial charge in [-0.1, -0.05) is 19.9 Å². The second-order valence-electron chi connectivity index (χ2n) is 8.19. The van der Waals surface area contributed by atoms with Gasteiger partial charge < -0.3 is 15.3 Å². The van der Waals surface area contributed by atoms with Gasteiger partial charge in [-0.2, -0.15) is 0 Å². The van der Waals surface area contributed by atoms with Crippen molar-refractivity contribution in [1.82, 2.24) is 10.2 Å². The number of halogens is 1. The summed E-state index contributed by atoms with van der Waals surface area (Å²) in [6, 6.07) is 7.68. The fraction of sp³-hybridized carbons (Fsp3) is 0.391. The SMILES string of the molecule is Cc1c(F)cc(C(=O)NC2CC2)cc1-c1ccc(C(=O)N(C)CC(C)C)c(O)c1. The number of phenolic OH excluding ortho intramolecular Hbond substituents is 1. The molecule has 5 nitrogen and oxygen atoms in total. The third-order valence-electron chi connectivity index (χ3n) is 5.04. The number of phenols is 1. The number of hydrogen-bond donors (Lipinski definition) is 2. The summed E-state index contributed by atoms with van der Waals surface area (Å²) < 4.78 is 14.5. The summed E-state index contributed by atoms with van der Waals surface area (Å²) in [5.41, 5.74) is 1.87. The molecule has 0 bridgehead atoms. The summed E-state index contributed by atoms with van der Waals surface area (Å²) in [4.78, 5) is 26.5. The quantitative estimate of drug-likeness (QED) is 0.769. The summed E-state index contributed by atoms with van der Waals surface area (Å²) >= 11 is 0. The highest BCUT2D eigenvalue weighted by Crippen LogP contribution is 2.32. The highest BCUT2D eigenvalue weighted by atomic mass is 19.1. The smallest absolute Gasteiger partial charge is 0.257 e. The van der Waals surface area contributed by atoms with Crippen LogP contribution >= 0.6 is 0 Å². The highest BCUT2D eigenvalue weighted by molar-refractivity contribution is 5.98. The van der Waals surface area contributed by atoms with Gasteiger partial charge in [0.25, 0.3) is 11.8 Å². The maximum absolute atomic E-state index is 14.5. The number of nitrogens with one attached hydrogen (secondary N) is 1. The average molecular weight is 398 g/mol. The van der Waals surface area contributed by atoms with E-state index in [2.05, 4.69) is 5.32 Å². The van der Waals surface area contributed by atoms with Crippen molar-refractivity contribution in [3.63, 3.8) is 0 Å². The van der Waals surface area contributed by atoms with Crippen LogP contribution in [0.2, 0.25) is 0 Å². The molecule has 6 heteroatoms. The minimum atomic E-state index is -0.486. The standard InChI is InChI=1S/C23H27FN2O3/c1-13(2)12-26(4)23(29)18-8-5-15(11-21(18)27)19-9-16(10-20(24)14(19)3)22(28)25-17-6-7-17/h5,8-11,13,17,27H,6-7,12H2,1-4H3,(H,25,28). The first-order valence-electron chi connectivity index (χ1n) is 9.87. The number of nitrogens with zero attached hydrogens (tertiary/aromatic N) is 1. The lowest BCUT2D eigenvalue weighted by Gasteiger charge is -2.20. The van der Waals surface area contributed by atoms with Gasteiger partial charge >= 0.3 is 0 Å². The van der Waals surface area contributed by atoms with Gasteiger partial charge in [-0.25, -0.2) is 4.39 Å². The molecule has 0 unspecified atom stereocenters. The zero-order chi connectivity index (χ0) is 21.3. The number of rotatable bonds is 6. The second kappa shape index (κ2) is 8.23. The molecule has 2 aromatic rings. The molecule has 2 amide bonds. The molecule has 2 N–H and O–H groups in total. The van der Waals surface area contributed by atoms with E-state index in [9.17, 15) is 19.1 Å². The maximum atomic E-state index is 14.5. The van der Waals surface area contributed by atoms with Crippen LogP contribution in [0.4, 0.5) is 4.39 Å². The summed E-state index contributed by atoms with van der Waals surface area (Å²) in [5.74, 6) is -0.932. The van der Waals surface area contributed by atoms with Crippen molar-refractivity contribution >= 4 is 11.8 Å². The number of benzene rings is 2. The largest absolute Gasteiger partial charge is 0.507 e. The molecular weight excluding hydrogens is 371 g/mol. The molecule has 1 aliphatic carbocycles. The Morgan fingerprint density at radius 2 is 1.93 bits per heavy atom. The van der Waals surface area contributed by atoms with E-state index in [1.54, 1.807) is 31.0 Å². The van der Waals surface area contributed by atoms with E-state index in [-0.39, 0.29) is 34.7 Å². The molecule has 1 fully saturated rings. The molecule has 29 heavy (non-hydrogen) atoms. The topological polar surface area (TPSA) is 69.6 Å².